The Balaban J connectivity index is 1.27. The highest BCUT2D eigenvalue weighted by Crippen LogP contribution is 2.31. The lowest BCUT2D eigenvalue weighted by atomic mass is 10.1. The van der Waals surface area contributed by atoms with Crippen molar-refractivity contribution in [3.8, 4) is 23.5 Å². The molecule has 8 heteroatoms. The smallest absolute Gasteiger partial charge is 0.266 e. The number of ether oxygens (including phenoxy) is 1. The molecule has 7 nitrogen and oxygen atoms in total. The summed E-state index contributed by atoms with van der Waals surface area (Å²) in [5.41, 5.74) is 3.53. The minimum atomic E-state index is 0.251. The molecular formula is C27H25ClN4O3. The van der Waals surface area contributed by atoms with Gasteiger partial charge in [-0.3, -0.25) is 0 Å². The number of furan rings is 1. The standard InChI is InChI=1S/C27H25ClN4O3/c1-18-6-7-19(2)25(14-18)33-17-22-8-9-24(34-22)26-30-23(16-29)27(35-26)32-12-10-31(11-13-32)21-5-3-4-20(28)15-21/h3-9,14-15H,10-13,17H2,1-2H3. The van der Waals surface area contributed by atoms with Crippen LogP contribution in [0.1, 0.15) is 22.6 Å². The highest BCUT2D eigenvalue weighted by molar-refractivity contribution is 6.30. The molecule has 0 amide bonds. The first-order chi connectivity index (χ1) is 17.0. The molecule has 0 radical (unpaired) electrons. The Kier molecular flexibility index (Phi) is 6.39. The molecule has 5 rings (SSSR count). The minimum absolute atomic E-state index is 0.251. The van der Waals surface area contributed by atoms with E-state index >= 15 is 0 Å². The van der Waals surface area contributed by atoms with Gasteiger partial charge in [0, 0.05) is 36.9 Å². The van der Waals surface area contributed by atoms with Gasteiger partial charge in [0.2, 0.25) is 11.6 Å². The maximum Gasteiger partial charge on any atom is 0.266 e. The van der Waals surface area contributed by atoms with E-state index in [0.29, 0.717) is 35.5 Å². The molecule has 1 fully saturated rings. The number of oxazole rings is 1. The van der Waals surface area contributed by atoms with E-state index in [1.807, 2.05) is 61.2 Å². The average molecular weight is 489 g/mol. The molecule has 3 heterocycles. The number of aryl methyl sites for hydroxylation is 2. The number of hydrogen-bond donors (Lipinski definition) is 0. The Hall–Kier alpha value is -3.89. The molecule has 0 atom stereocenters. The van der Waals surface area contributed by atoms with Crippen molar-refractivity contribution in [1.82, 2.24) is 4.98 Å². The zero-order valence-electron chi connectivity index (χ0n) is 19.6. The number of benzene rings is 2. The fraction of sp³-hybridized carbons (Fsp3) is 0.259. The highest BCUT2D eigenvalue weighted by atomic mass is 35.5. The summed E-state index contributed by atoms with van der Waals surface area (Å²) in [7, 11) is 0. The van der Waals surface area contributed by atoms with Gasteiger partial charge in [-0.25, -0.2) is 0 Å². The van der Waals surface area contributed by atoms with Crippen LogP contribution in [-0.4, -0.2) is 31.2 Å². The van der Waals surface area contributed by atoms with Gasteiger partial charge in [0.15, 0.2) is 5.76 Å². The van der Waals surface area contributed by atoms with Crippen LogP contribution < -0.4 is 14.5 Å². The van der Waals surface area contributed by atoms with E-state index in [1.54, 1.807) is 6.07 Å². The van der Waals surface area contributed by atoms with Crippen LogP contribution in [0.4, 0.5) is 11.6 Å². The van der Waals surface area contributed by atoms with Crippen LogP contribution >= 0.6 is 11.6 Å². The first kappa shape index (κ1) is 22.9. The first-order valence-corrected chi connectivity index (χ1v) is 11.8. The monoisotopic (exact) mass is 488 g/mol. The minimum Gasteiger partial charge on any atom is -0.485 e. The van der Waals surface area contributed by atoms with Gasteiger partial charge < -0.3 is 23.4 Å². The zero-order valence-corrected chi connectivity index (χ0v) is 20.4. The van der Waals surface area contributed by atoms with Gasteiger partial charge in [-0.05, 0) is 61.4 Å². The van der Waals surface area contributed by atoms with Crippen molar-refractivity contribution in [2.75, 3.05) is 36.0 Å². The molecular weight excluding hydrogens is 464 g/mol. The Labute approximate surface area is 209 Å². The normalized spacial score (nSPS) is 13.7. The quantitative estimate of drug-likeness (QED) is 0.330. The average Bonchev–Trinajstić information content (AvgIpc) is 3.52. The summed E-state index contributed by atoms with van der Waals surface area (Å²) in [6, 6.07) is 19.7. The van der Waals surface area contributed by atoms with Crippen LogP contribution in [0, 0.1) is 25.2 Å². The highest BCUT2D eigenvalue weighted by Gasteiger charge is 2.26. The molecule has 2 aromatic heterocycles. The topological polar surface area (TPSA) is 78.7 Å². The molecule has 2 aromatic carbocycles. The molecule has 1 aliphatic rings. The summed E-state index contributed by atoms with van der Waals surface area (Å²) in [5.74, 6) is 2.69. The van der Waals surface area contributed by atoms with Crippen molar-refractivity contribution >= 4 is 23.2 Å². The third-order valence-corrected chi connectivity index (χ3v) is 6.28. The molecule has 0 N–H and O–H groups in total. The van der Waals surface area contributed by atoms with E-state index in [9.17, 15) is 5.26 Å². The van der Waals surface area contributed by atoms with Crippen molar-refractivity contribution in [2.45, 2.75) is 20.5 Å². The molecule has 0 aliphatic carbocycles. The van der Waals surface area contributed by atoms with Crippen LogP contribution in [0.5, 0.6) is 5.75 Å². The van der Waals surface area contributed by atoms with Gasteiger partial charge in [-0.1, -0.05) is 29.8 Å². The van der Waals surface area contributed by atoms with Gasteiger partial charge in [0.05, 0.1) is 0 Å². The fourth-order valence-corrected chi connectivity index (χ4v) is 4.31. The number of aromatic nitrogens is 1. The van der Waals surface area contributed by atoms with Crippen LogP contribution in [0.15, 0.2) is 63.4 Å². The van der Waals surface area contributed by atoms with Crippen molar-refractivity contribution in [3.63, 3.8) is 0 Å². The summed E-state index contributed by atoms with van der Waals surface area (Å²) >= 11 is 6.14. The van der Waals surface area contributed by atoms with E-state index < -0.39 is 0 Å². The van der Waals surface area contributed by atoms with Crippen molar-refractivity contribution in [2.24, 2.45) is 0 Å². The van der Waals surface area contributed by atoms with Crippen LogP contribution in [-0.2, 0) is 6.61 Å². The van der Waals surface area contributed by atoms with Crippen LogP contribution in [0.3, 0.4) is 0 Å². The number of nitrogens with zero attached hydrogens (tertiary/aromatic N) is 4. The maximum atomic E-state index is 9.66. The Morgan fingerprint density at radius 2 is 1.80 bits per heavy atom. The largest absolute Gasteiger partial charge is 0.485 e. The number of piperazine rings is 1. The van der Waals surface area contributed by atoms with Crippen molar-refractivity contribution < 1.29 is 13.6 Å². The maximum absolute atomic E-state index is 9.66. The number of nitriles is 1. The molecule has 1 aliphatic heterocycles. The first-order valence-electron chi connectivity index (χ1n) is 11.5. The number of rotatable bonds is 6. The van der Waals surface area contributed by atoms with E-state index in [4.69, 9.17) is 25.2 Å². The van der Waals surface area contributed by atoms with Gasteiger partial charge in [-0.2, -0.15) is 10.2 Å². The second kappa shape index (κ2) is 9.77. The number of anilines is 2. The second-order valence-corrected chi connectivity index (χ2v) is 9.00. The lowest BCUT2D eigenvalue weighted by Gasteiger charge is -2.35. The van der Waals surface area contributed by atoms with Gasteiger partial charge in [0.25, 0.3) is 5.89 Å². The Bertz CT molecular complexity index is 1380. The lowest BCUT2D eigenvalue weighted by Crippen LogP contribution is -2.46. The molecule has 4 aromatic rings. The van der Waals surface area contributed by atoms with Gasteiger partial charge >= 0.3 is 0 Å². The molecule has 1 saturated heterocycles. The van der Waals surface area contributed by atoms with Gasteiger partial charge in [-0.15, -0.1) is 0 Å². The summed E-state index contributed by atoms with van der Waals surface area (Å²) in [5, 5.41) is 10.4. The van der Waals surface area contributed by atoms with E-state index in [2.05, 4.69) is 22.0 Å². The van der Waals surface area contributed by atoms with Crippen LogP contribution in [0.2, 0.25) is 5.02 Å². The Morgan fingerprint density at radius 3 is 2.57 bits per heavy atom. The molecule has 0 bridgehead atoms. The van der Waals surface area contributed by atoms with Crippen molar-refractivity contribution in [1.29, 1.82) is 5.26 Å². The van der Waals surface area contributed by atoms with Crippen LogP contribution in [0.25, 0.3) is 11.7 Å². The molecule has 35 heavy (non-hydrogen) atoms. The van der Waals surface area contributed by atoms with Crippen molar-refractivity contribution in [3.05, 3.63) is 82.2 Å². The SMILES string of the molecule is Cc1ccc(C)c(OCc2ccc(-c3nc(C#N)c(N4CCN(c5cccc(Cl)c5)CC4)o3)o2)c1. The summed E-state index contributed by atoms with van der Waals surface area (Å²) in [6.45, 7) is 7.28. The molecule has 178 valence electrons. The van der Waals surface area contributed by atoms with E-state index in [1.165, 1.54) is 0 Å². The predicted molar refractivity (Wildman–Crippen MR) is 135 cm³/mol. The summed E-state index contributed by atoms with van der Waals surface area (Å²) in [6.07, 6.45) is 0. The summed E-state index contributed by atoms with van der Waals surface area (Å²) in [4.78, 5) is 8.69. The fourth-order valence-electron chi connectivity index (χ4n) is 4.13. The number of hydrogen-bond acceptors (Lipinski definition) is 7. The molecule has 0 unspecified atom stereocenters. The molecule has 0 spiro atoms. The Morgan fingerprint density at radius 1 is 1.00 bits per heavy atom. The molecule has 0 saturated carbocycles. The second-order valence-electron chi connectivity index (χ2n) is 8.56. The number of halogens is 1. The van der Waals surface area contributed by atoms with E-state index in [0.717, 1.165) is 35.7 Å². The third kappa shape index (κ3) is 4.98. The lowest BCUT2D eigenvalue weighted by molar-refractivity contribution is 0.269. The summed E-state index contributed by atoms with van der Waals surface area (Å²) < 4.78 is 17.9. The predicted octanol–water partition coefficient (Wildman–Crippen LogP) is 5.98. The zero-order chi connectivity index (χ0) is 24.4. The van der Waals surface area contributed by atoms with Gasteiger partial charge in [0.1, 0.15) is 24.2 Å². The van der Waals surface area contributed by atoms with E-state index in [-0.39, 0.29) is 18.2 Å². The third-order valence-electron chi connectivity index (χ3n) is 6.04.